The Bertz CT molecular complexity index is 1100. The number of benzene rings is 1. The second-order valence-electron chi connectivity index (χ2n) is 6.17. The molecule has 2 aromatic heterocycles. The third kappa shape index (κ3) is 2.76. The van der Waals surface area contributed by atoms with Gasteiger partial charge in [0, 0.05) is 38.3 Å². The van der Waals surface area contributed by atoms with Crippen molar-refractivity contribution in [2.75, 3.05) is 18.0 Å². The van der Waals surface area contributed by atoms with Gasteiger partial charge in [-0.2, -0.15) is 0 Å². The fourth-order valence-electron chi connectivity index (χ4n) is 3.18. The zero-order chi connectivity index (χ0) is 18.3. The first-order chi connectivity index (χ1) is 12.5. The van der Waals surface area contributed by atoms with Crippen LogP contribution in [0.2, 0.25) is 0 Å². The van der Waals surface area contributed by atoms with Gasteiger partial charge in [-0.1, -0.05) is 6.07 Å². The first kappa shape index (κ1) is 16.7. The third-order valence-corrected chi connectivity index (χ3v) is 6.19. The SMILES string of the molecule is O=C1CCN(c2cn(S(=O)(=O)c3cccc(F)c3)c3cccnc23)CC1. The molecule has 0 aliphatic carbocycles. The monoisotopic (exact) mass is 373 g/mol. The summed E-state index contributed by atoms with van der Waals surface area (Å²) < 4.78 is 40.8. The Morgan fingerprint density at radius 3 is 2.58 bits per heavy atom. The summed E-state index contributed by atoms with van der Waals surface area (Å²) in [5, 5.41) is 0. The van der Waals surface area contributed by atoms with Gasteiger partial charge in [-0.25, -0.2) is 16.8 Å². The van der Waals surface area contributed by atoms with Gasteiger partial charge in [0.05, 0.1) is 16.1 Å². The van der Waals surface area contributed by atoms with Crippen LogP contribution in [0.15, 0.2) is 53.7 Å². The summed E-state index contributed by atoms with van der Waals surface area (Å²) in [7, 11) is -3.97. The van der Waals surface area contributed by atoms with Crippen molar-refractivity contribution in [3.8, 4) is 0 Å². The van der Waals surface area contributed by atoms with Crippen LogP contribution in [0.4, 0.5) is 10.1 Å². The quantitative estimate of drug-likeness (QED) is 0.706. The number of carbonyl (C=O) groups is 1. The molecule has 1 aliphatic rings. The molecule has 8 heteroatoms. The van der Waals surface area contributed by atoms with Gasteiger partial charge in [-0.05, 0) is 30.3 Å². The number of pyridine rings is 1. The topological polar surface area (TPSA) is 72.3 Å². The van der Waals surface area contributed by atoms with E-state index < -0.39 is 15.8 Å². The maximum absolute atomic E-state index is 13.5. The number of hydrogen-bond acceptors (Lipinski definition) is 5. The number of Topliss-reactive ketones (excluding diaryl/α,β-unsaturated/α-hetero) is 1. The smallest absolute Gasteiger partial charge is 0.268 e. The normalized spacial score (nSPS) is 15.6. The highest BCUT2D eigenvalue weighted by molar-refractivity contribution is 7.90. The van der Waals surface area contributed by atoms with Crippen LogP contribution in [-0.2, 0) is 14.8 Å². The Morgan fingerprint density at radius 2 is 1.85 bits per heavy atom. The molecule has 0 atom stereocenters. The molecule has 0 unspecified atom stereocenters. The molecule has 134 valence electrons. The summed E-state index contributed by atoms with van der Waals surface area (Å²) in [6, 6.07) is 8.24. The van der Waals surface area contributed by atoms with Crippen LogP contribution in [0.1, 0.15) is 12.8 Å². The zero-order valence-electron chi connectivity index (χ0n) is 13.8. The molecule has 3 aromatic rings. The molecule has 0 saturated carbocycles. The lowest BCUT2D eigenvalue weighted by Crippen LogP contribution is -2.33. The Labute approximate surface area is 149 Å². The fourth-order valence-corrected chi connectivity index (χ4v) is 4.57. The molecule has 0 N–H and O–H groups in total. The molecule has 26 heavy (non-hydrogen) atoms. The third-order valence-electron chi connectivity index (χ3n) is 4.52. The van der Waals surface area contributed by atoms with Crippen LogP contribution >= 0.6 is 0 Å². The van der Waals surface area contributed by atoms with Crippen molar-refractivity contribution in [1.29, 1.82) is 0 Å². The summed E-state index contributed by atoms with van der Waals surface area (Å²) in [6.45, 7) is 1.04. The van der Waals surface area contributed by atoms with Crippen molar-refractivity contribution >= 4 is 32.5 Å². The average molecular weight is 373 g/mol. The second kappa shape index (κ2) is 6.21. The van der Waals surface area contributed by atoms with Gasteiger partial charge in [0.15, 0.2) is 0 Å². The average Bonchev–Trinajstić information content (AvgIpc) is 3.03. The van der Waals surface area contributed by atoms with E-state index in [4.69, 9.17) is 0 Å². The van der Waals surface area contributed by atoms with Gasteiger partial charge < -0.3 is 4.90 Å². The van der Waals surface area contributed by atoms with Crippen LogP contribution in [0.5, 0.6) is 0 Å². The number of rotatable bonds is 3. The molecule has 0 amide bonds. The summed E-state index contributed by atoms with van der Waals surface area (Å²) in [5.41, 5.74) is 1.62. The molecule has 1 aromatic carbocycles. The molecular weight excluding hydrogens is 357 g/mol. The van der Waals surface area contributed by atoms with Gasteiger partial charge in [0.1, 0.15) is 17.1 Å². The van der Waals surface area contributed by atoms with E-state index in [9.17, 15) is 17.6 Å². The predicted octanol–water partition coefficient (Wildman–Crippen LogP) is 2.58. The Morgan fingerprint density at radius 1 is 1.08 bits per heavy atom. The summed E-state index contributed by atoms with van der Waals surface area (Å²) >= 11 is 0. The lowest BCUT2D eigenvalue weighted by atomic mass is 10.1. The van der Waals surface area contributed by atoms with Gasteiger partial charge in [0.2, 0.25) is 0 Å². The minimum atomic E-state index is -3.97. The van der Waals surface area contributed by atoms with Crippen LogP contribution in [0.25, 0.3) is 11.0 Å². The van der Waals surface area contributed by atoms with E-state index in [1.807, 2.05) is 4.90 Å². The van der Waals surface area contributed by atoms with Gasteiger partial charge in [0.25, 0.3) is 10.0 Å². The molecule has 0 bridgehead atoms. The van der Waals surface area contributed by atoms with Crippen LogP contribution in [0.3, 0.4) is 0 Å². The molecule has 1 fully saturated rings. The maximum Gasteiger partial charge on any atom is 0.268 e. The van der Waals surface area contributed by atoms with Crippen LogP contribution in [-0.4, -0.2) is 36.2 Å². The fraction of sp³-hybridized carbons (Fsp3) is 0.222. The Hall–Kier alpha value is -2.74. The summed E-state index contributed by atoms with van der Waals surface area (Å²) in [5.74, 6) is -0.416. The van der Waals surface area contributed by atoms with E-state index in [0.29, 0.717) is 42.7 Å². The number of carbonyl (C=O) groups excluding carboxylic acids is 1. The zero-order valence-corrected chi connectivity index (χ0v) is 14.6. The molecule has 4 rings (SSSR count). The van der Waals surface area contributed by atoms with Gasteiger partial charge in [-0.3, -0.25) is 9.78 Å². The molecule has 1 saturated heterocycles. The van der Waals surface area contributed by atoms with Crippen molar-refractivity contribution in [2.24, 2.45) is 0 Å². The van der Waals surface area contributed by atoms with E-state index in [0.717, 1.165) is 10.0 Å². The molecule has 0 spiro atoms. The number of hydrogen-bond donors (Lipinski definition) is 0. The predicted molar refractivity (Wildman–Crippen MR) is 95.2 cm³/mol. The summed E-state index contributed by atoms with van der Waals surface area (Å²) in [4.78, 5) is 17.7. The van der Waals surface area contributed by atoms with Crippen molar-refractivity contribution in [3.05, 3.63) is 54.6 Å². The number of piperidine rings is 1. The highest BCUT2D eigenvalue weighted by Crippen LogP contribution is 2.31. The number of halogens is 1. The molecule has 1 aliphatic heterocycles. The molecule has 3 heterocycles. The highest BCUT2D eigenvalue weighted by atomic mass is 32.2. The highest BCUT2D eigenvalue weighted by Gasteiger charge is 2.26. The van der Waals surface area contributed by atoms with E-state index in [2.05, 4.69) is 4.98 Å². The standard InChI is InChI=1S/C18H16FN3O3S/c19-13-3-1-4-15(11-13)26(24,25)22-12-17(18-16(22)5-2-8-20-18)21-9-6-14(23)7-10-21/h1-5,8,11-12H,6-7,9-10H2. The number of aromatic nitrogens is 2. The van der Waals surface area contributed by atoms with Crippen LogP contribution < -0.4 is 4.90 Å². The van der Waals surface area contributed by atoms with Crippen molar-refractivity contribution in [1.82, 2.24) is 8.96 Å². The summed E-state index contributed by atoms with van der Waals surface area (Å²) in [6.07, 6.45) is 3.96. The van der Waals surface area contributed by atoms with E-state index >= 15 is 0 Å². The molecule has 6 nitrogen and oxygen atoms in total. The van der Waals surface area contributed by atoms with E-state index in [-0.39, 0.29) is 10.7 Å². The van der Waals surface area contributed by atoms with E-state index in [1.54, 1.807) is 18.3 Å². The number of fused-ring (bicyclic) bond motifs is 1. The first-order valence-corrected chi connectivity index (χ1v) is 9.65. The lowest BCUT2D eigenvalue weighted by molar-refractivity contribution is -0.119. The van der Waals surface area contributed by atoms with Crippen molar-refractivity contribution in [3.63, 3.8) is 0 Å². The second-order valence-corrected chi connectivity index (χ2v) is 7.98. The maximum atomic E-state index is 13.5. The number of nitrogens with zero attached hydrogens (tertiary/aromatic N) is 3. The van der Waals surface area contributed by atoms with Crippen LogP contribution in [0, 0.1) is 5.82 Å². The van der Waals surface area contributed by atoms with Crippen molar-refractivity contribution < 1.29 is 17.6 Å². The minimum absolute atomic E-state index is 0.126. The Balaban J connectivity index is 1.87. The largest absolute Gasteiger partial charge is 0.368 e. The molecule has 0 radical (unpaired) electrons. The van der Waals surface area contributed by atoms with Gasteiger partial charge in [-0.15, -0.1) is 0 Å². The number of anilines is 1. The molecular formula is C18H16FN3O3S. The Kier molecular flexibility index (Phi) is 3.99. The minimum Gasteiger partial charge on any atom is -0.368 e. The van der Waals surface area contributed by atoms with Gasteiger partial charge >= 0.3 is 0 Å². The first-order valence-electron chi connectivity index (χ1n) is 8.21. The number of ketones is 1. The lowest BCUT2D eigenvalue weighted by Gasteiger charge is -2.27. The van der Waals surface area contributed by atoms with Crippen molar-refractivity contribution in [2.45, 2.75) is 17.7 Å². The van der Waals surface area contributed by atoms with E-state index in [1.165, 1.54) is 24.4 Å².